The molecular formula is C24H30N4O4. The Hall–Kier alpha value is -3.55. The van der Waals surface area contributed by atoms with Crippen molar-refractivity contribution in [2.24, 2.45) is 11.3 Å². The van der Waals surface area contributed by atoms with Crippen LogP contribution in [0.5, 0.6) is 0 Å². The van der Waals surface area contributed by atoms with E-state index in [0.717, 1.165) is 23.5 Å². The zero-order valence-corrected chi connectivity index (χ0v) is 18.9. The smallest absolute Gasteiger partial charge is 0.302 e. The Morgan fingerprint density at radius 2 is 1.72 bits per heavy atom. The van der Waals surface area contributed by atoms with Gasteiger partial charge in [-0.15, -0.1) is 0 Å². The van der Waals surface area contributed by atoms with Gasteiger partial charge in [-0.25, -0.2) is 0 Å². The first-order valence-corrected chi connectivity index (χ1v) is 10.6. The van der Waals surface area contributed by atoms with Crippen LogP contribution in [0.15, 0.2) is 54.6 Å². The van der Waals surface area contributed by atoms with Crippen molar-refractivity contribution >= 4 is 29.2 Å². The minimum absolute atomic E-state index is 0.0846. The first kappa shape index (κ1) is 23.1. The number of nitrogens with zero attached hydrogens (tertiary/aromatic N) is 2. The molecular weight excluding hydrogens is 408 g/mol. The number of nitrogens with one attached hydrogen (secondary N) is 2. The molecule has 1 atom stereocenters. The molecule has 2 amide bonds. The van der Waals surface area contributed by atoms with Crippen LogP contribution in [-0.2, 0) is 19.1 Å². The molecule has 2 fully saturated rings. The van der Waals surface area contributed by atoms with Crippen molar-refractivity contribution in [2.75, 3.05) is 29.7 Å². The number of benzene rings is 2. The SMILES string of the molecule is CC(=O)OCC1CN(c2cccc(C)c2)NC1=O.CC1(C)CN(c2ccccc2)NC1=O. The van der Waals surface area contributed by atoms with Gasteiger partial charge in [-0.1, -0.05) is 30.3 Å². The van der Waals surface area contributed by atoms with Crippen molar-refractivity contribution in [2.45, 2.75) is 27.7 Å². The standard InChI is InChI=1S/C13H16N2O3.C11H14N2O/c1-9-4-3-5-12(6-9)15-7-11(13(17)14-15)8-18-10(2)16;1-11(2)8-13(12-10(11)14)9-6-4-3-5-7-9/h3-6,11H,7-8H2,1-2H3,(H,14,17);3-7H,8H2,1-2H3,(H,12,14). The van der Waals surface area contributed by atoms with Crippen LogP contribution in [0.4, 0.5) is 11.4 Å². The van der Waals surface area contributed by atoms with E-state index in [0.29, 0.717) is 6.54 Å². The van der Waals surface area contributed by atoms with Crippen molar-refractivity contribution in [3.8, 4) is 0 Å². The fraction of sp³-hybridized carbons (Fsp3) is 0.375. The van der Waals surface area contributed by atoms with Crippen LogP contribution in [0.25, 0.3) is 0 Å². The van der Waals surface area contributed by atoms with Crippen molar-refractivity contribution in [3.05, 3.63) is 60.2 Å². The predicted molar refractivity (Wildman–Crippen MR) is 123 cm³/mol. The molecule has 0 spiro atoms. The molecule has 2 aliphatic heterocycles. The van der Waals surface area contributed by atoms with Gasteiger partial charge in [0.1, 0.15) is 6.61 Å². The van der Waals surface area contributed by atoms with Gasteiger partial charge in [-0.05, 0) is 50.6 Å². The lowest BCUT2D eigenvalue weighted by Crippen LogP contribution is -2.33. The van der Waals surface area contributed by atoms with Crippen LogP contribution >= 0.6 is 0 Å². The number of aryl methyl sites for hydroxylation is 1. The highest BCUT2D eigenvalue weighted by atomic mass is 16.5. The summed E-state index contributed by atoms with van der Waals surface area (Å²) < 4.78 is 4.88. The van der Waals surface area contributed by atoms with E-state index >= 15 is 0 Å². The number of amides is 2. The molecule has 0 bridgehead atoms. The maximum atomic E-state index is 11.7. The third-order valence-electron chi connectivity index (χ3n) is 5.29. The zero-order valence-electron chi connectivity index (χ0n) is 18.9. The average molecular weight is 439 g/mol. The first-order valence-electron chi connectivity index (χ1n) is 10.6. The molecule has 0 aromatic heterocycles. The van der Waals surface area contributed by atoms with Crippen molar-refractivity contribution in [1.29, 1.82) is 0 Å². The highest BCUT2D eigenvalue weighted by Crippen LogP contribution is 2.26. The van der Waals surface area contributed by atoms with Gasteiger partial charge < -0.3 is 4.74 Å². The highest BCUT2D eigenvalue weighted by molar-refractivity contribution is 5.87. The Morgan fingerprint density at radius 1 is 1.03 bits per heavy atom. The quantitative estimate of drug-likeness (QED) is 0.713. The molecule has 0 aliphatic carbocycles. The van der Waals surface area contributed by atoms with Gasteiger partial charge in [0, 0.05) is 6.92 Å². The summed E-state index contributed by atoms with van der Waals surface area (Å²) >= 11 is 0. The van der Waals surface area contributed by atoms with Crippen molar-refractivity contribution in [1.82, 2.24) is 10.9 Å². The molecule has 8 heteroatoms. The Bertz CT molecular complexity index is 977. The average Bonchev–Trinajstić information content (AvgIpc) is 3.26. The third-order valence-corrected chi connectivity index (χ3v) is 5.29. The first-order chi connectivity index (χ1) is 15.2. The van der Waals surface area contributed by atoms with E-state index in [-0.39, 0.29) is 35.7 Å². The number of anilines is 2. The van der Waals surface area contributed by atoms with Crippen LogP contribution in [0.3, 0.4) is 0 Å². The minimum Gasteiger partial charge on any atom is -0.465 e. The Kier molecular flexibility index (Phi) is 7.02. The van der Waals surface area contributed by atoms with E-state index in [4.69, 9.17) is 4.74 Å². The number of ether oxygens (including phenoxy) is 1. The van der Waals surface area contributed by atoms with Gasteiger partial charge in [0.15, 0.2) is 0 Å². The van der Waals surface area contributed by atoms with Crippen LogP contribution in [0.2, 0.25) is 0 Å². The lowest BCUT2D eigenvalue weighted by Gasteiger charge is -2.18. The van der Waals surface area contributed by atoms with Crippen molar-refractivity contribution in [3.63, 3.8) is 0 Å². The summed E-state index contributed by atoms with van der Waals surface area (Å²) in [5, 5.41) is 3.67. The number of carbonyl (C=O) groups is 3. The van der Waals surface area contributed by atoms with E-state index in [1.165, 1.54) is 6.92 Å². The summed E-state index contributed by atoms with van der Waals surface area (Å²) in [6.07, 6.45) is 0. The van der Waals surface area contributed by atoms with E-state index in [1.807, 2.05) is 80.4 Å². The molecule has 0 saturated carbocycles. The van der Waals surface area contributed by atoms with Crippen LogP contribution in [0.1, 0.15) is 26.3 Å². The van der Waals surface area contributed by atoms with Gasteiger partial charge in [0.05, 0.1) is 35.8 Å². The fourth-order valence-corrected chi connectivity index (χ4v) is 3.43. The second kappa shape index (κ2) is 9.72. The maximum Gasteiger partial charge on any atom is 0.302 e. The number of esters is 1. The highest BCUT2D eigenvalue weighted by Gasteiger charge is 2.37. The molecule has 0 radical (unpaired) electrons. The molecule has 2 heterocycles. The number of hydrogen-bond acceptors (Lipinski definition) is 6. The van der Waals surface area contributed by atoms with Crippen molar-refractivity contribution < 1.29 is 19.1 Å². The summed E-state index contributed by atoms with van der Waals surface area (Å²) in [5.41, 5.74) is 8.44. The van der Waals surface area contributed by atoms with E-state index in [1.54, 1.807) is 5.01 Å². The Morgan fingerprint density at radius 3 is 2.31 bits per heavy atom. The molecule has 32 heavy (non-hydrogen) atoms. The second-order valence-electron chi connectivity index (χ2n) is 8.67. The number of para-hydroxylation sites is 1. The van der Waals surface area contributed by atoms with Gasteiger partial charge in [0.2, 0.25) is 11.8 Å². The van der Waals surface area contributed by atoms with Crippen LogP contribution in [-0.4, -0.2) is 37.5 Å². The molecule has 2 aromatic rings. The van der Waals surface area contributed by atoms with Gasteiger partial charge >= 0.3 is 5.97 Å². The summed E-state index contributed by atoms with van der Waals surface area (Å²) in [6.45, 7) is 8.59. The normalized spacial score (nSPS) is 19.1. The molecule has 2 aliphatic rings. The molecule has 8 nitrogen and oxygen atoms in total. The molecule has 2 N–H and O–H groups in total. The summed E-state index contributed by atoms with van der Waals surface area (Å²) in [7, 11) is 0. The monoisotopic (exact) mass is 438 g/mol. The number of hydrogen-bond donors (Lipinski definition) is 2. The summed E-state index contributed by atoms with van der Waals surface area (Å²) in [5.74, 6) is -0.703. The second-order valence-corrected chi connectivity index (χ2v) is 8.67. The lowest BCUT2D eigenvalue weighted by atomic mass is 9.94. The van der Waals surface area contributed by atoms with E-state index < -0.39 is 0 Å². The Balaban J connectivity index is 0.000000186. The summed E-state index contributed by atoms with van der Waals surface area (Å²) in [4.78, 5) is 34.0. The molecule has 170 valence electrons. The van der Waals surface area contributed by atoms with Gasteiger partial charge in [-0.2, -0.15) is 0 Å². The summed E-state index contributed by atoms with van der Waals surface area (Å²) in [6, 6.07) is 17.7. The fourth-order valence-electron chi connectivity index (χ4n) is 3.43. The number of hydrazine groups is 2. The third kappa shape index (κ3) is 5.78. The van der Waals surface area contributed by atoms with Crippen LogP contribution < -0.4 is 20.9 Å². The molecule has 2 saturated heterocycles. The Labute approximate surface area is 188 Å². The van der Waals surface area contributed by atoms with Gasteiger partial charge in [0.25, 0.3) is 0 Å². The molecule has 1 unspecified atom stereocenters. The molecule has 4 rings (SSSR count). The predicted octanol–water partition coefficient (Wildman–Crippen LogP) is 2.59. The minimum atomic E-state index is -0.364. The number of rotatable bonds is 4. The topological polar surface area (TPSA) is 91.0 Å². The van der Waals surface area contributed by atoms with Gasteiger partial charge in [-0.3, -0.25) is 35.3 Å². The molecule has 2 aromatic carbocycles. The van der Waals surface area contributed by atoms with E-state index in [2.05, 4.69) is 10.9 Å². The zero-order chi connectivity index (χ0) is 23.3. The maximum absolute atomic E-state index is 11.7. The number of carbonyl (C=O) groups excluding carboxylic acids is 3. The largest absolute Gasteiger partial charge is 0.465 e. The lowest BCUT2D eigenvalue weighted by molar-refractivity contribution is -0.143. The van der Waals surface area contributed by atoms with E-state index in [9.17, 15) is 14.4 Å². The van der Waals surface area contributed by atoms with Crippen LogP contribution in [0, 0.1) is 18.3 Å².